The highest BCUT2D eigenvalue weighted by atomic mass is 32.2. The fraction of sp³-hybridized carbons (Fsp3) is 1.00. The van der Waals surface area contributed by atoms with E-state index in [1.807, 2.05) is 11.9 Å². The predicted molar refractivity (Wildman–Crippen MR) is 64.7 cm³/mol. The molecule has 0 atom stereocenters. The molecule has 0 bridgehead atoms. The summed E-state index contributed by atoms with van der Waals surface area (Å²) in [7, 11) is -0.903. The van der Waals surface area contributed by atoms with Crippen molar-refractivity contribution in [1.82, 2.24) is 4.90 Å². The number of nitrogens with zero attached hydrogens (tertiary/aromatic N) is 1. The van der Waals surface area contributed by atoms with Crippen molar-refractivity contribution in [3.8, 4) is 0 Å². The third kappa shape index (κ3) is 8.84. The Morgan fingerprint density at radius 3 is 2.20 bits per heavy atom. The molecule has 0 aliphatic carbocycles. The van der Waals surface area contributed by atoms with Crippen LogP contribution in [0.25, 0.3) is 0 Å². The Morgan fingerprint density at radius 1 is 1.27 bits per heavy atom. The molecule has 5 heteroatoms. The van der Waals surface area contributed by atoms with Crippen LogP contribution in [-0.4, -0.2) is 52.0 Å². The molecule has 0 radical (unpaired) electrons. The van der Waals surface area contributed by atoms with Gasteiger partial charge in [0.25, 0.3) is 0 Å². The van der Waals surface area contributed by atoms with Crippen molar-refractivity contribution in [3.63, 3.8) is 0 Å². The lowest BCUT2D eigenvalue weighted by atomic mass is 9.89. The largest absolute Gasteiger partial charge is 0.330 e. The van der Waals surface area contributed by atoms with Crippen LogP contribution in [0.2, 0.25) is 0 Å². The molecule has 0 rings (SSSR count). The number of hydrogen-bond donors (Lipinski definition) is 1. The molecule has 0 spiro atoms. The molecule has 0 saturated carbocycles. The highest BCUT2D eigenvalue weighted by Gasteiger charge is 2.16. The van der Waals surface area contributed by atoms with Gasteiger partial charge in [0.2, 0.25) is 0 Å². The first-order valence-electron chi connectivity index (χ1n) is 5.23. The van der Waals surface area contributed by atoms with Gasteiger partial charge in [0.1, 0.15) is 9.84 Å². The van der Waals surface area contributed by atoms with Crippen LogP contribution in [0.5, 0.6) is 0 Å². The van der Waals surface area contributed by atoms with Crippen LogP contribution in [0.1, 0.15) is 20.3 Å². The minimum Gasteiger partial charge on any atom is -0.330 e. The molecule has 0 aromatic heterocycles. The predicted octanol–water partition coefficient (Wildman–Crippen LogP) is 0.338. The monoisotopic (exact) mass is 236 g/mol. The van der Waals surface area contributed by atoms with Gasteiger partial charge in [-0.05, 0) is 32.0 Å². The lowest BCUT2D eigenvalue weighted by Crippen LogP contribution is -2.32. The topological polar surface area (TPSA) is 63.4 Å². The molecular weight excluding hydrogens is 212 g/mol. The van der Waals surface area contributed by atoms with Gasteiger partial charge in [0.15, 0.2) is 0 Å². The first-order chi connectivity index (χ1) is 6.66. The Kier molecular flexibility index (Phi) is 5.77. The summed E-state index contributed by atoms with van der Waals surface area (Å²) in [5.41, 5.74) is 5.76. The molecule has 0 saturated heterocycles. The standard InChI is InChI=1S/C10H24N2O2S/c1-10(2,9-11)5-6-12(3)7-8-15(4,13)14/h5-9,11H2,1-4H3. The minimum atomic E-state index is -2.84. The van der Waals surface area contributed by atoms with E-state index in [1.54, 1.807) is 0 Å². The second kappa shape index (κ2) is 5.82. The molecule has 0 aliphatic rings. The van der Waals surface area contributed by atoms with Crippen molar-refractivity contribution >= 4 is 9.84 Å². The van der Waals surface area contributed by atoms with Gasteiger partial charge in [0.05, 0.1) is 5.75 Å². The van der Waals surface area contributed by atoms with Gasteiger partial charge in [-0.15, -0.1) is 0 Å². The van der Waals surface area contributed by atoms with Gasteiger partial charge in [-0.3, -0.25) is 0 Å². The van der Waals surface area contributed by atoms with Crippen molar-refractivity contribution < 1.29 is 8.42 Å². The Hall–Kier alpha value is -0.130. The maximum absolute atomic E-state index is 10.9. The molecular formula is C10H24N2O2S. The average Bonchev–Trinajstić information content (AvgIpc) is 2.10. The molecule has 0 fully saturated rings. The smallest absolute Gasteiger partial charge is 0.148 e. The zero-order chi connectivity index (χ0) is 12.1. The molecule has 0 unspecified atom stereocenters. The van der Waals surface area contributed by atoms with Crippen LogP contribution in [-0.2, 0) is 9.84 Å². The number of sulfone groups is 1. The van der Waals surface area contributed by atoms with Crippen molar-refractivity contribution in [1.29, 1.82) is 0 Å². The fourth-order valence-electron chi connectivity index (χ4n) is 1.03. The summed E-state index contributed by atoms with van der Waals surface area (Å²) in [5, 5.41) is 0. The summed E-state index contributed by atoms with van der Waals surface area (Å²) in [6.45, 7) is 6.39. The highest BCUT2D eigenvalue weighted by molar-refractivity contribution is 7.90. The van der Waals surface area contributed by atoms with Gasteiger partial charge < -0.3 is 10.6 Å². The zero-order valence-electron chi connectivity index (χ0n) is 10.3. The molecule has 15 heavy (non-hydrogen) atoms. The SMILES string of the molecule is CN(CCC(C)(C)CN)CCS(C)(=O)=O. The van der Waals surface area contributed by atoms with Crippen LogP contribution in [0.15, 0.2) is 0 Å². The summed E-state index contributed by atoms with van der Waals surface area (Å²) in [6.07, 6.45) is 2.26. The van der Waals surface area contributed by atoms with Crippen molar-refractivity contribution in [2.45, 2.75) is 20.3 Å². The maximum atomic E-state index is 10.9. The third-order valence-electron chi connectivity index (χ3n) is 2.57. The summed E-state index contributed by atoms with van der Waals surface area (Å²) in [6, 6.07) is 0. The normalized spacial score (nSPS) is 13.5. The van der Waals surface area contributed by atoms with Crippen LogP contribution < -0.4 is 5.73 Å². The average molecular weight is 236 g/mol. The lowest BCUT2D eigenvalue weighted by Gasteiger charge is -2.25. The Labute approximate surface area is 93.7 Å². The van der Waals surface area contributed by atoms with E-state index in [4.69, 9.17) is 5.73 Å². The van der Waals surface area contributed by atoms with E-state index in [0.29, 0.717) is 13.1 Å². The molecule has 0 amide bonds. The van der Waals surface area contributed by atoms with E-state index in [1.165, 1.54) is 6.26 Å². The highest BCUT2D eigenvalue weighted by Crippen LogP contribution is 2.17. The van der Waals surface area contributed by atoms with Gasteiger partial charge in [0, 0.05) is 12.8 Å². The maximum Gasteiger partial charge on any atom is 0.148 e. The first-order valence-corrected chi connectivity index (χ1v) is 7.29. The summed E-state index contributed by atoms with van der Waals surface area (Å²) >= 11 is 0. The quantitative estimate of drug-likeness (QED) is 0.692. The third-order valence-corrected chi connectivity index (χ3v) is 3.49. The fourth-order valence-corrected chi connectivity index (χ4v) is 1.67. The van der Waals surface area contributed by atoms with Crippen molar-refractivity contribution in [2.75, 3.05) is 38.7 Å². The Morgan fingerprint density at radius 2 is 1.80 bits per heavy atom. The van der Waals surface area contributed by atoms with Crippen molar-refractivity contribution in [3.05, 3.63) is 0 Å². The molecule has 2 N–H and O–H groups in total. The zero-order valence-corrected chi connectivity index (χ0v) is 11.1. The van der Waals surface area contributed by atoms with E-state index < -0.39 is 9.84 Å². The van der Waals surface area contributed by atoms with Gasteiger partial charge >= 0.3 is 0 Å². The molecule has 0 aromatic rings. The Bertz CT molecular complexity index is 273. The number of rotatable bonds is 7. The van der Waals surface area contributed by atoms with Gasteiger partial charge in [-0.1, -0.05) is 13.8 Å². The second-order valence-electron chi connectivity index (χ2n) is 5.05. The van der Waals surface area contributed by atoms with Crippen LogP contribution >= 0.6 is 0 Å². The molecule has 92 valence electrons. The van der Waals surface area contributed by atoms with Crippen LogP contribution in [0.3, 0.4) is 0 Å². The number of hydrogen-bond acceptors (Lipinski definition) is 4. The van der Waals surface area contributed by atoms with E-state index >= 15 is 0 Å². The lowest BCUT2D eigenvalue weighted by molar-refractivity contribution is 0.262. The van der Waals surface area contributed by atoms with E-state index in [0.717, 1.165) is 13.0 Å². The number of nitrogens with two attached hydrogens (primary N) is 1. The van der Waals surface area contributed by atoms with Gasteiger partial charge in [-0.2, -0.15) is 0 Å². The summed E-state index contributed by atoms with van der Waals surface area (Å²) < 4.78 is 21.9. The van der Waals surface area contributed by atoms with Crippen LogP contribution in [0.4, 0.5) is 0 Å². The molecule has 4 nitrogen and oxygen atoms in total. The van der Waals surface area contributed by atoms with Gasteiger partial charge in [-0.25, -0.2) is 8.42 Å². The van der Waals surface area contributed by atoms with Crippen molar-refractivity contribution in [2.24, 2.45) is 11.1 Å². The second-order valence-corrected chi connectivity index (χ2v) is 7.31. The first kappa shape index (κ1) is 14.9. The molecule has 0 heterocycles. The molecule has 0 aliphatic heterocycles. The van der Waals surface area contributed by atoms with E-state index in [2.05, 4.69) is 13.8 Å². The Balaban J connectivity index is 3.81. The summed E-state index contributed by atoms with van der Waals surface area (Å²) in [5.74, 6) is 0.229. The summed E-state index contributed by atoms with van der Waals surface area (Å²) in [4.78, 5) is 2.04. The van der Waals surface area contributed by atoms with E-state index in [-0.39, 0.29) is 11.2 Å². The van der Waals surface area contributed by atoms with E-state index in [9.17, 15) is 8.42 Å². The molecule has 0 aromatic carbocycles. The minimum absolute atomic E-state index is 0.138. The van der Waals surface area contributed by atoms with Crippen LogP contribution in [0, 0.1) is 5.41 Å².